The van der Waals surface area contributed by atoms with E-state index in [1.807, 2.05) is 6.07 Å². The normalized spacial score (nSPS) is 11.7. The molecule has 0 aromatic carbocycles. The highest BCUT2D eigenvalue weighted by Gasteiger charge is 2.24. The van der Waals surface area contributed by atoms with E-state index in [9.17, 15) is 5.11 Å². The Balaban J connectivity index is 2.39. The standard InChI is InChI=1S/C12H21N3O/c1-3-12(4-2,9-16)8-14-7-11-5-6-13-10-15-11/h5-6,10,14,16H,3-4,7-9H2,1-2H3. The molecular formula is C12H21N3O. The van der Waals surface area contributed by atoms with Crippen LogP contribution in [0.5, 0.6) is 0 Å². The zero-order chi connectivity index (χ0) is 11.9. The van der Waals surface area contributed by atoms with Crippen molar-refractivity contribution in [3.8, 4) is 0 Å². The second-order valence-corrected chi connectivity index (χ2v) is 4.17. The number of hydrogen-bond acceptors (Lipinski definition) is 4. The molecule has 0 atom stereocenters. The van der Waals surface area contributed by atoms with Crippen LogP contribution in [0.25, 0.3) is 0 Å². The molecule has 0 radical (unpaired) electrons. The average molecular weight is 223 g/mol. The van der Waals surface area contributed by atoms with Crippen molar-refractivity contribution >= 4 is 0 Å². The third kappa shape index (κ3) is 3.54. The van der Waals surface area contributed by atoms with E-state index in [0.29, 0.717) is 0 Å². The minimum absolute atomic E-state index is 0.00697. The zero-order valence-electron chi connectivity index (χ0n) is 10.1. The number of nitrogens with zero attached hydrogens (tertiary/aromatic N) is 2. The average Bonchev–Trinajstić information content (AvgIpc) is 2.37. The van der Waals surface area contributed by atoms with Crippen molar-refractivity contribution in [1.82, 2.24) is 15.3 Å². The highest BCUT2D eigenvalue weighted by Crippen LogP contribution is 2.24. The molecule has 1 aromatic heterocycles. The van der Waals surface area contributed by atoms with Crippen molar-refractivity contribution in [2.45, 2.75) is 33.2 Å². The highest BCUT2D eigenvalue weighted by atomic mass is 16.3. The maximum Gasteiger partial charge on any atom is 0.115 e. The number of aromatic nitrogens is 2. The van der Waals surface area contributed by atoms with E-state index in [4.69, 9.17) is 0 Å². The van der Waals surface area contributed by atoms with Gasteiger partial charge in [0.15, 0.2) is 0 Å². The Hall–Kier alpha value is -1.00. The summed E-state index contributed by atoms with van der Waals surface area (Å²) in [6.45, 7) is 6.01. The van der Waals surface area contributed by atoms with Gasteiger partial charge in [-0.05, 0) is 18.9 Å². The van der Waals surface area contributed by atoms with Gasteiger partial charge in [0.05, 0.1) is 5.69 Å². The van der Waals surface area contributed by atoms with Crippen molar-refractivity contribution in [3.05, 3.63) is 24.3 Å². The lowest BCUT2D eigenvalue weighted by molar-refractivity contribution is 0.113. The molecule has 1 aromatic rings. The molecule has 16 heavy (non-hydrogen) atoms. The molecule has 2 N–H and O–H groups in total. The molecule has 0 spiro atoms. The fraction of sp³-hybridized carbons (Fsp3) is 0.667. The van der Waals surface area contributed by atoms with Gasteiger partial charge in [-0.3, -0.25) is 0 Å². The molecule has 0 saturated carbocycles. The monoisotopic (exact) mass is 223 g/mol. The maximum atomic E-state index is 9.41. The minimum Gasteiger partial charge on any atom is -0.396 e. The number of hydrogen-bond donors (Lipinski definition) is 2. The molecular weight excluding hydrogens is 202 g/mol. The smallest absolute Gasteiger partial charge is 0.115 e. The summed E-state index contributed by atoms with van der Waals surface area (Å²) in [5, 5.41) is 12.8. The van der Waals surface area contributed by atoms with Gasteiger partial charge < -0.3 is 10.4 Å². The van der Waals surface area contributed by atoms with Crippen LogP contribution < -0.4 is 5.32 Å². The largest absolute Gasteiger partial charge is 0.396 e. The first-order valence-corrected chi connectivity index (χ1v) is 5.83. The first-order valence-electron chi connectivity index (χ1n) is 5.83. The zero-order valence-corrected chi connectivity index (χ0v) is 10.1. The van der Waals surface area contributed by atoms with Crippen molar-refractivity contribution in [2.75, 3.05) is 13.2 Å². The Morgan fingerprint density at radius 1 is 1.38 bits per heavy atom. The van der Waals surface area contributed by atoms with Crippen LogP contribution in [-0.4, -0.2) is 28.2 Å². The van der Waals surface area contributed by atoms with E-state index in [2.05, 4.69) is 29.1 Å². The van der Waals surface area contributed by atoms with Gasteiger partial charge in [0.25, 0.3) is 0 Å². The summed E-state index contributed by atoms with van der Waals surface area (Å²) in [6, 6.07) is 1.89. The van der Waals surface area contributed by atoms with Crippen LogP contribution in [0.1, 0.15) is 32.4 Å². The Morgan fingerprint density at radius 3 is 2.62 bits per heavy atom. The molecule has 0 saturated heterocycles. The summed E-state index contributed by atoms with van der Waals surface area (Å²) in [5.41, 5.74) is 0.988. The van der Waals surface area contributed by atoms with E-state index >= 15 is 0 Å². The second kappa shape index (κ2) is 6.55. The summed E-state index contributed by atoms with van der Waals surface area (Å²) in [6.07, 6.45) is 5.26. The Kier molecular flexibility index (Phi) is 5.35. The number of rotatable bonds is 7. The third-order valence-electron chi connectivity index (χ3n) is 3.28. The van der Waals surface area contributed by atoms with Gasteiger partial charge in [-0.1, -0.05) is 13.8 Å². The molecule has 1 heterocycles. The molecule has 0 aliphatic heterocycles. The maximum absolute atomic E-state index is 9.41. The Bertz CT molecular complexity index is 277. The molecule has 0 unspecified atom stereocenters. The fourth-order valence-electron chi connectivity index (χ4n) is 1.66. The van der Waals surface area contributed by atoms with Crippen molar-refractivity contribution in [2.24, 2.45) is 5.41 Å². The molecule has 4 nitrogen and oxygen atoms in total. The first kappa shape index (κ1) is 13.1. The third-order valence-corrected chi connectivity index (χ3v) is 3.28. The topological polar surface area (TPSA) is 58.0 Å². The summed E-state index contributed by atoms with van der Waals surface area (Å²) in [7, 11) is 0. The van der Waals surface area contributed by atoms with Gasteiger partial charge in [0, 0.05) is 31.3 Å². The van der Waals surface area contributed by atoms with Crippen molar-refractivity contribution in [1.29, 1.82) is 0 Å². The van der Waals surface area contributed by atoms with Gasteiger partial charge in [-0.15, -0.1) is 0 Å². The van der Waals surface area contributed by atoms with Gasteiger partial charge in [0.2, 0.25) is 0 Å². The Labute approximate surface area is 97.1 Å². The van der Waals surface area contributed by atoms with Gasteiger partial charge in [-0.2, -0.15) is 0 Å². The van der Waals surface area contributed by atoms with Crippen LogP contribution in [-0.2, 0) is 6.54 Å². The van der Waals surface area contributed by atoms with E-state index in [0.717, 1.165) is 31.6 Å². The van der Waals surface area contributed by atoms with Crippen molar-refractivity contribution in [3.63, 3.8) is 0 Å². The van der Waals surface area contributed by atoms with Crippen LogP contribution in [0.3, 0.4) is 0 Å². The molecule has 0 bridgehead atoms. The molecule has 0 aliphatic rings. The minimum atomic E-state index is 0.00697. The summed E-state index contributed by atoms with van der Waals surface area (Å²) >= 11 is 0. The lowest BCUT2D eigenvalue weighted by Gasteiger charge is -2.29. The van der Waals surface area contributed by atoms with Crippen LogP contribution in [0.2, 0.25) is 0 Å². The molecule has 0 fully saturated rings. The molecule has 0 amide bonds. The lowest BCUT2D eigenvalue weighted by atomic mass is 9.83. The van der Waals surface area contributed by atoms with Gasteiger partial charge >= 0.3 is 0 Å². The van der Waals surface area contributed by atoms with Gasteiger partial charge in [0.1, 0.15) is 6.33 Å². The van der Waals surface area contributed by atoms with Gasteiger partial charge in [-0.25, -0.2) is 9.97 Å². The highest BCUT2D eigenvalue weighted by molar-refractivity contribution is 4.97. The van der Waals surface area contributed by atoms with Crippen LogP contribution in [0.15, 0.2) is 18.6 Å². The quantitative estimate of drug-likeness (QED) is 0.733. The summed E-state index contributed by atoms with van der Waals surface area (Å²) in [5.74, 6) is 0. The van der Waals surface area contributed by atoms with Crippen LogP contribution in [0.4, 0.5) is 0 Å². The molecule has 0 aliphatic carbocycles. The first-order chi connectivity index (χ1) is 7.76. The number of aliphatic hydroxyl groups is 1. The fourth-order valence-corrected chi connectivity index (χ4v) is 1.66. The van der Waals surface area contributed by atoms with E-state index in [1.54, 1.807) is 12.5 Å². The Morgan fingerprint density at radius 2 is 2.12 bits per heavy atom. The van der Waals surface area contributed by atoms with Crippen LogP contribution >= 0.6 is 0 Å². The van der Waals surface area contributed by atoms with Crippen molar-refractivity contribution < 1.29 is 5.11 Å². The van der Waals surface area contributed by atoms with E-state index in [-0.39, 0.29) is 12.0 Å². The molecule has 90 valence electrons. The van der Waals surface area contributed by atoms with E-state index in [1.165, 1.54) is 0 Å². The number of nitrogens with one attached hydrogen (secondary N) is 1. The summed E-state index contributed by atoms with van der Waals surface area (Å²) < 4.78 is 0. The predicted molar refractivity (Wildman–Crippen MR) is 63.8 cm³/mol. The SMILES string of the molecule is CCC(CC)(CO)CNCc1ccncn1. The lowest BCUT2D eigenvalue weighted by Crippen LogP contribution is -2.36. The molecule has 1 rings (SSSR count). The number of aliphatic hydroxyl groups excluding tert-OH is 1. The van der Waals surface area contributed by atoms with E-state index < -0.39 is 0 Å². The summed E-state index contributed by atoms with van der Waals surface area (Å²) in [4.78, 5) is 8.01. The predicted octanol–water partition coefficient (Wildman–Crippen LogP) is 1.36. The van der Waals surface area contributed by atoms with Crippen LogP contribution in [0, 0.1) is 5.41 Å². The second-order valence-electron chi connectivity index (χ2n) is 4.17. The molecule has 4 heteroatoms.